The number of halogens is 1. The Labute approximate surface area is 135 Å². The second-order valence-electron chi connectivity index (χ2n) is 5.06. The van der Waals surface area contributed by atoms with Crippen LogP contribution in [0.5, 0.6) is 5.75 Å². The third-order valence-corrected chi connectivity index (χ3v) is 3.81. The van der Waals surface area contributed by atoms with Crippen molar-refractivity contribution in [2.45, 2.75) is 32.7 Å². The Morgan fingerprint density at radius 2 is 1.67 bits per heavy atom. The van der Waals surface area contributed by atoms with E-state index in [0.717, 1.165) is 35.5 Å². The first-order chi connectivity index (χ1) is 10.3. The fourth-order valence-electron chi connectivity index (χ4n) is 2.02. The van der Waals surface area contributed by atoms with Gasteiger partial charge in [0, 0.05) is 16.7 Å². The molecule has 112 valence electrons. The first-order valence-electron chi connectivity index (χ1n) is 7.49. The Bertz CT molecular complexity index is 522. The lowest BCUT2D eigenvalue weighted by molar-refractivity contribution is 0.306. The summed E-state index contributed by atoms with van der Waals surface area (Å²) in [6, 6.07) is 16.5. The van der Waals surface area contributed by atoms with Gasteiger partial charge in [-0.2, -0.15) is 0 Å². The summed E-state index contributed by atoms with van der Waals surface area (Å²) in [6.07, 6.45) is 3.59. The van der Waals surface area contributed by atoms with Gasteiger partial charge in [0.05, 0.1) is 6.61 Å². The third-order valence-electron chi connectivity index (χ3n) is 3.28. The number of anilines is 1. The first-order valence-corrected chi connectivity index (χ1v) is 8.28. The van der Waals surface area contributed by atoms with E-state index in [1.807, 2.05) is 24.3 Å². The summed E-state index contributed by atoms with van der Waals surface area (Å²) in [6.45, 7) is 3.83. The predicted octanol–water partition coefficient (Wildman–Crippen LogP) is 5.63. The summed E-state index contributed by atoms with van der Waals surface area (Å²) >= 11 is 3.44. The Morgan fingerprint density at radius 3 is 2.33 bits per heavy atom. The van der Waals surface area contributed by atoms with Crippen LogP contribution in [0.15, 0.2) is 53.0 Å². The van der Waals surface area contributed by atoms with Gasteiger partial charge in [-0.3, -0.25) is 0 Å². The van der Waals surface area contributed by atoms with Crippen molar-refractivity contribution in [1.29, 1.82) is 0 Å². The lowest BCUT2D eigenvalue weighted by atomic mass is 10.2. The van der Waals surface area contributed by atoms with Gasteiger partial charge in [-0.05, 0) is 48.4 Å². The van der Waals surface area contributed by atoms with Gasteiger partial charge < -0.3 is 10.1 Å². The number of unbranched alkanes of at least 4 members (excludes halogenated alkanes) is 2. The highest BCUT2D eigenvalue weighted by Gasteiger charge is 1.97. The number of rotatable bonds is 8. The first kappa shape index (κ1) is 15.9. The molecule has 0 heterocycles. The zero-order valence-corrected chi connectivity index (χ0v) is 14.0. The molecule has 0 saturated carbocycles. The molecule has 2 aromatic carbocycles. The quantitative estimate of drug-likeness (QED) is 0.624. The SMILES string of the molecule is CCCCCOc1ccc(CNc2ccc(Br)cc2)cc1. The van der Waals surface area contributed by atoms with E-state index in [0.29, 0.717) is 0 Å². The van der Waals surface area contributed by atoms with Gasteiger partial charge in [0.1, 0.15) is 5.75 Å². The van der Waals surface area contributed by atoms with Gasteiger partial charge in [0.15, 0.2) is 0 Å². The molecule has 0 aliphatic heterocycles. The van der Waals surface area contributed by atoms with Crippen molar-refractivity contribution in [3.05, 3.63) is 58.6 Å². The Hall–Kier alpha value is -1.48. The highest BCUT2D eigenvalue weighted by molar-refractivity contribution is 9.10. The number of ether oxygens (including phenoxy) is 1. The average molecular weight is 348 g/mol. The van der Waals surface area contributed by atoms with Crippen LogP contribution in [-0.2, 0) is 6.54 Å². The Kier molecular flexibility index (Phi) is 6.61. The lowest BCUT2D eigenvalue weighted by Crippen LogP contribution is -2.00. The molecule has 0 radical (unpaired) electrons. The zero-order chi connectivity index (χ0) is 14.9. The number of nitrogens with one attached hydrogen (secondary N) is 1. The van der Waals surface area contributed by atoms with Gasteiger partial charge in [-0.15, -0.1) is 0 Å². The van der Waals surface area contributed by atoms with Crippen molar-refractivity contribution >= 4 is 21.6 Å². The van der Waals surface area contributed by atoms with Crippen LogP contribution in [0, 0.1) is 0 Å². The maximum atomic E-state index is 5.71. The van der Waals surface area contributed by atoms with Crippen molar-refractivity contribution in [2.24, 2.45) is 0 Å². The topological polar surface area (TPSA) is 21.3 Å². The maximum Gasteiger partial charge on any atom is 0.119 e. The zero-order valence-electron chi connectivity index (χ0n) is 12.4. The van der Waals surface area contributed by atoms with Crippen molar-refractivity contribution in [3.8, 4) is 5.75 Å². The minimum Gasteiger partial charge on any atom is -0.494 e. The largest absolute Gasteiger partial charge is 0.494 e. The highest BCUT2D eigenvalue weighted by Crippen LogP contribution is 2.17. The monoisotopic (exact) mass is 347 g/mol. The highest BCUT2D eigenvalue weighted by atomic mass is 79.9. The second kappa shape index (κ2) is 8.73. The van der Waals surface area contributed by atoms with Crippen molar-refractivity contribution in [2.75, 3.05) is 11.9 Å². The number of benzene rings is 2. The van der Waals surface area contributed by atoms with E-state index in [2.05, 4.69) is 52.4 Å². The molecular formula is C18H22BrNO. The molecule has 1 N–H and O–H groups in total. The maximum absolute atomic E-state index is 5.71. The van der Waals surface area contributed by atoms with E-state index in [-0.39, 0.29) is 0 Å². The molecule has 0 aliphatic carbocycles. The van der Waals surface area contributed by atoms with Gasteiger partial charge in [0.2, 0.25) is 0 Å². The average Bonchev–Trinajstić information content (AvgIpc) is 2.52. The molecule has 2 rings (SSSR count). The van der Waals surface area contributed by atoms with Gasteiger partial charge >= 0.3 is 0 Å². The summed E-state index contributed by atoms with van der Waals surface area (Å²) in [7, 11) is 0. The molecule has 2 nitrogen and oxygen atoms in total. The Morgan fingerprint density at radius 1 is 0.952 bits per heavy atom. The van der Waals surface area contributed by atoms with E-state index in [1.165, 1.54) is 18.4 Å². The summed E-state index contributed by atoms with van der Waals surface area (Å²) in [4.78, 5) is 0. The number of hydrogen-bond acceptors (Lipinski definition) is 2. The molecule has 21 heavy (non-hydrogen) atoms. The minimum atomic E-state index is 0.810. The Balaban J connectivity index is 1.78. The molecule has 0 atom stereocenters. The van der Waals surface area contributed by atoms with Crippen molar-refractivity contribution in [3.63, 3.8) is 0 Å². The third kappa shape index (κ3) is 5.80. The van der Waals surface area contributed by atoms with Gasteiger partial charge in [-0.1, -0.05) is 47.8 Å². The van der Waals surface area contributed by atoms with Crippen molar-refractivity contribution < 1.29 is 4.74 Å². The van der Waals surface area contributed by atoms with Crippen LogP contribution in [0.1, 0.15) is 31.7 Å². The lowest BCUT2D eigenvalue weighted by Gasteiger charge is -2.09. The van der Waals surface area contributed by atoms with Crippen LogP contribution in [0.25, 0.3) is 0 Å². The van der Waals surface area contributed by atoms with Crippen LogP contribution >= 0.6 is 15.9 Å². The van der Waals surface area contributed by atoms with Crippen LogP contribution in [0.4, 0.5) is 5.69 Å². The van der Waals surface area contributed by atoms with E-state index in [9.17, 15) is 0 Å². The molecule has 0 amide bonds. The van der Waals surface area contributed by atoms with E-state index >= 15 is 0 Å². The van der Waals surface area contributed by atoms with Crippen molar-refractivity contribution in [1.82, 2.24) is 0 Å². The van der Waals surface area contributed by atoms with Gasteiger partial charge in [-0.25, -0.2) is 0 Å². The van der Waals surface area contributed by atoms with Crippen LogP contribution < -0.4 is 10.1 Å². The molecule has 0 fully saturated rings. The van der Waals surface area contributed by atoms with Crippen LogP contribution in [0.2, 0.25) is 0 Å². The molecule has 0 aliphatic rings. The predicted molar refractivity (Wildman–Crippen MR) is 92.9 cm³/mol. The normalized spacial score (nSPS) is 10.4. The summed E-state index contributed by atoms with van der Waals surface area (Å²) in [5, 5.41) is 3.41. The molecule has 3 heteroatoms. The smallest absolute Gasteiger partial charge is 0.119 e. The summed E-state index contributed by atoms with van der Waals surface area (Å²) in [5.41, 5.74) is 2.37. The molecule has 0 unspecified atom stereocenters. The van der Waals surface area contributed by atoms with Crippen LogP contribution in [-0.4, -0.2) is 6.61 Å². The summed E-state index contributed by atoms with van der Waals surface area (Å²) < 4.78 is 6.81. The fraction of sp³-hybridized carbons (Fsp3) is 0.333. The molecule has 0 spiro atoms. The second-order valence-corrected chi connectivity index (χ2v) is 5.98. The van der Waals surface area contributed by atoms with E-state index < -0.39 is 0 Å². The molecule has 0 bridgehead atoms. The minimum absolute atomic E-state index is 0.810. The summed E-state index contributed by atoms with van der Waals surface area (Å²) in [5.74, 6) is 0.957. The molecular weight excluding hydrogens is 326 g/mol. The van der Waals surface area contributed by atoms with Gasteiger partial charge in [0.25, 0.3) is 0 Å². The molecule has 0 aromatic heterocycles. The standard InChI is InChI=1S/C18H22BrNO/c1-2-3-4-13-21-18-11-5-15(6-12-18)14-20-17-9-7-16(19)8-10-17/h5-12,20H,2-4,13-14H2,1H3. The van der Waals surface area contributed by atoms with Crippen LogP contribution in [0.3, 0.4) is 0 Å². The van der Waals surface area contributed by atoms with E-state index in [1.54, 1.807) is 0 Å². The molecule has 0 saturated heterocycles. The van der Waals surface area contributed by atoms with E-state index in [4.69, 9.17) is 4.74 Å². The number of hydrogen-bond donors (Lipinski definition) is 1. The molecule has 2 aromatic rings. The fourth-order valence-corrected chi connectivity index (χ4v) is 2.28.